The first-order valence-electron chi connectivity index (χ1n) is 11.1. The fourth-order valence-electron chi connectivity index (χ4n) is 3.92. The third-order valence-electron chi connectivity index (χ3n) is 6.03. The van der Waals surface area contributed by atoms with Crippen LogP contribution >= 0.6 is 0 Å². The molecule has 1 unspecified atom stereocenters. The summed E-state index contributed by atoms with van der Waals surface area (Å²) in [7, 11) is 0. The molecule has 3 rings (SSSR count). The topological polar surface area (TPSA) is 64.4 Å². The van der Waals surface area contributed by atoms with E-state index < -0.39 is 5.97 Å². The van der Waals surface area contributed by atoms with E-state index in [1.807, 2.05) is 29.5 Å². The molecule has 0 N–H and O–H groups in total. The molecule has 0 spiro atoms. The van der Waals surface area contributed by atoms with Crippen molar-refractivity contribution in [3.63, 3.8) is 0 Å². The first-order chi connectivity index (χ1) is 14.5. The van der Waals surface area contributed by atoms with Gasteiger partial charge < -0.3 is 9.64 Å². The van der Waals surface area contributed by atoms with E-state index in [1.165, 1.54) is 5.56 Å². The third-order valence-corrected chi connectivity index (χ3v) is 6.03. The molecule has 1 aliphatic rings. The molecule has 1 amide bonds. The summed E-state index contributed by atoms with van der Waals surface area (Å²) < 4.78 is 7.15. The van der Waals surface area contributed by atoms with Crippen LogP contribution in [0, 0.1) is 5.92 Å². The summed E-state index contributed by atoms with van der Waals surface area (Å²) in [5.74, 6) is -0.0969. The molecule has 1 aliphatic heterocycles. The molecule has 162 valence electrons. The lowest BCUT2D eigenvalue weighted by Crippen LogP contribution is -2.41. The number of hydrogen-bond acceptors (Lipinski definition) is 4. The Bertz CT molecular complexity index is 864. The summed E-state index contributed by atoms with van der Waals surface area (Å²) in [6.45, 7) is 9.73. The molecule has 1 fully saturated rings. The SMILES string of the molecule is CCOC(=O)c1cc(-c2ccc(CC)cc2)n(C2CCN(C(=O)C(C)CC)CC2)n1. The molecule has 1 aromatic carbocycles. The number of ether oxygens (including phenoxy) is 1. The maximum atomic E-state index is 12.5. The van der Waals surface area contributed by atoms with Crippen molar-refractivity contribution >= 4 is 11.9 Å². The van der Waals surface area contributed by atoms with Crippen LogP contribution in [-0.2, 0) is 16.0 Å². The van der Waals surface area contributed by atoms with E-state index in [4.69, 9.17) is 4.74 Å². The molecule has 30 heavy (non-hydrogen) atoms. The molecule has 0 radical (unpaired) electrons. The molecule has 0 saturated carbocycles. The van der Waals surface area contributed by atoms with E-state index in [2.05, 4.69) is 36.3 Å². The van der Waals surface area contributed by atoms with Gasteiger partial charge in [-0.3, -0.25) is 9.48 Å². The molecule has 6 heteroatoms. The van der Waals surface area contributed by atoms with Crippen molar-refractivity contribution in [2.45, 2.75) is 59.4 Å². The van der Waals surface area contributed by atoms with Crippen LogP contribution in [0.25, 0.3) is 11.3 Å². The lowest BCUT2D eigenvalue weighted by atomic mass is 10.0. The number of nitrogens with zero attached hydrogens (tertiary/aromatic N) is 3. The number of carbonyl (C=O) groups excluding carboxylic acids is 2. The molecule has 6 nitrogen and oxygen atoms in total. The molecule has 1 saturated heterocycles. The van der Waals surface area contributed by atoms with Gasteiger partial charge in [-0.15, -0.1) is 0 Å². The standard InChI is InChI=1S/C24H33N3O3/c1-5-17(4)23(28)26-14-12-20(13-15-26)27-22(16-21(25-27)24(29)30-7-3)19-10-8-18(6-2)9-11-19/h8-11,16-17,20H,5-7,12-15H2,1-4H3. The maximum absolute atomic E-state index is 12.5. The number of piperidine rings is 1. The molecule has 0 aliphatic carbocycles. The van der Waals surface area contributed by atoms with Gasteiger partial charge >= 0.3 is 5.97 Å². The molecule has 0 bridgehead atoms. The molecular formula is C24H33N3O3. The zero-order valence-electron chi connectivity index (χ0n) is 18.6. The number of rotatable bonds is 7. The van der Waals surface area contributed by atoms with Gasteiger partial charge in [0.15, 0.2) is 5.69 Å². The van der Waals surface area contributed by atoms with Crippen LogP contribution in [0.4, 0.5) is 0 Å². The van der Waals surface area contributed by atoms with Crippen molar-refractivity contribution in [3.8, 4) is 11.3 Å². The van der Waals surface area contributed by atoms with Crippen LogP contribution in [0.2, 0.25) is 0 Å². The monoisotopic (exact) mass is 411 g/mol. The quantitative estimate of drug-likeness (QED) is 0.629. The second kappa shape index (κ2) is 9.92. The van der Waals surface area contributed by atoms with Gasteiger partial charge in [0.2, 0.25) is 5.91 Å². The number of esters is 1. The predicted octanol–water partition coefficient (Wildman–Crippen LogP) is 4.50. The first-order valence-corrected chi connectivity index (χ1v) is 11.1. The lowest BCUT2D eigenvalue weighted by Gasteiger charge is -2.34. The van der Waals surface area contributed by atoms with Crippen LogP contribution in [-0.4, -0.2) is 46.3 Å². The van der Waals surface area contributed by atoms with Gasteiger partial charge in [0.1, 0.15) is 0 Å². The summed E-state index contributed by atoms with van der Waals surface area (Å²) in [5, 5.41) is 4.63. The second-order valence-electron chi connectivity index (χ2n) is 8.00. The number of hydrogen-bond donors (Lipinski definition) is 0. The Balaban J connectivity index is 1.85. The van der Waals surface area contributed by atoms with Crippen molar-refractivity contribution in [1.82, 2.24) is 14.7 Å². The average Bonchev–Trinajstić information content (AvgIpc) is 3.24. The van der Waals surface area contributed by atoms with Crippen LogP contribution in [0.15, 0.2) is 30.3 Å². The highest BCUT2D eigenvalue weighted by Crippen LogP contribution is 2.30. The van der Waals surface area contributed by atoms with Gasteiger partial charge in [-0.05, 0) is 49.8 Å². The number of amides is 1. The zero-order valence-corrected chi connectivity index (χ0v) is 18.6. The highest BCUT2D eigenvalue weighted by molar-refractivity contribution is 5.88. The Morgan fingerprint density at radius 1 is 1.13 bits per heavy atom. The Labute approximate surface area is 179 Å². The summed E-state index contributed by atoms with van der Waals surface area (Å²) >= 11 is 0. The van der Waals surface area contributed by atoms with E-state index in [-0.39, 0.29) is 17.9 Å². The van der Waals surface area contributed by atoms with Crippen LogP contribution in [0.5, 0.6) is 0 Å². The summed E-state index contributed by atoms with van der Waals surface area (Å²) in [4.78, 5) is 26.8. The highest BCUT2D eigenvalue weighted by atomic mass is 16.5. The third kappa shape index (κ3) is 4.74. The number of carbonyl (C=O) groups is 2. The number of aryl methyl sites for hydroxylation is 1. The van der Waals surface area contributed by atoms with E-state index in [1.54, 1.807) is 6.92 Å². The minimum atomic E-state index is -0.396. The molecule has 1 atom stereocenters. The van der Waals surface area contributed by atoms with Crippen molar-refractivity contribution in [3.05, 3.63) is 41.6 Å². The summed E-state index contributed by atoms with van der Waals surface area (Å²) in [6, 6.07) is 10.4. The van der Waals surface area contributed by atoms with Gasteiger partial charge in [0, 0.05) is 19.0 Å². The van der Waals surface area contributed by atoms with Crippen molar-refractivity contribution in [2.24, 2.45) is 5.92 Å². The largest absolute Gasteiger partial charge is 0.461 e. The Morgan fingerprint density at radius 3 is 2.37 bits per heavy atom. The van der Waals surface area contributed by atoms with Crippen LogP contribution in [0.3, 0.4) is 0 Å². The van der Waals surface area contributed by atoms with Crippen molar-refractivity contribution < 1.29 is 14.3 Å². The zero-order chi connectivity index (χ0) is 21.7. The van der Waals surface area contributed by atoms with Crippen molar-refractivity contribution in [1.29, 1.82) is 0 Å². The fourth-order valence-corrected chi connectivity index (χ4v) is 3.92. The highest BCUT2D eigenvalue weighted by Gasteiger charge is 2.29. The van der Waals surface area contributed by atoms with Gasteiger partial charge in [-0.2, -0.15) is 5.10 Å². The Hall–Kier alpha value is -2.63. The normalized spacial score (nSPS) is 15.8. The first kappa shape index (κ1) is 22.1. The second-order valence-corrected chi connectivity index (χ2v) is 8.00. The molecule has 2 aromatic rings. The minimum absolute atomic E-state index is 0.0642. The van der Waals surface area contributed by atoms with Crippen LogP contribution < -0.4 is 0 Å². The average molecular weight is 412 g/mol. The minimum Gasteiger partial charge on any atom is -0.461 e. The smallest absolute Gasteiger partial charge is 0.358 e. The van der Waals surface area contributed by atoms with E-state index in [9.17, 15) is 9.59 Å². The van der Waals surface area contributed by atoms with Gasteiger partial charge in [0.05, 0.1) is 18.3 Å². The van der Waals surface area contributed by atoms with Gasteiger partial charge in [0.25, 0.3) is 0 Å². The van der Waals surface area contributed by atoms with Gasteiger partial charge in [-0.1, -0.05) is 45.0 Å². The van der Waals surface area contributed by atoms with E-state index in [0.29, 0.717) is 12.3 Å². The Kier molecular flexibility index (Phi) is 7.29. The maximum Gasteiger partial charge on any atom is 0.358 e. The number of aromatic nitrogens is 2. The lowest BCUT2D eigenvalue weighted by molar-refractivity contribution is -0.136. The predicted molar refractivity (Wildman–Crippen MR) is 117 cm³/mol. The van der Waals surface area contributed by atoms with Crippen molar-refractivity contribution in [2.75, 3.05) is 19.7 Å². The number of benzene rings is 1. The molecule has 1 aromatic heterocycles. The van der Waals surface area contributed by atoms with Gasteiger partial charge in [-0.25, -0.2) is 4.79 Å². The Morgan fingerprint density at radius 2 is 1.80 bits per heavy atom. The molecule has 2 heterocycles. The molecular weight excluding hydrogens is 378 g/mol. The van der Waals surface area contributed by atoms with Crippen LogP contribution in [0.1, 0.15) is 69.1 Å². The summed E-state index contributed by atoms with van der Waals surface area (Å²) in [6.07, 6.45) is 3.49. The van der Waals surface area contributed by atoms with E-state index in [0.717, 1.165) is 50.0 Å². The summed E-state index contributed by atoms with van der Waals surface area (Å²) in [5.41, 5.74) is 3.57. The fraction of sp³-hybridized carbons (Fsp3) is 0.542. The number of likely N-dealkylation sites (tertiary alicyclic amines) is 1. The van der Waals surface area contributed by atoms with E-state index >= 15 is 0 Å².